The average Bonchev–Trinajstić information content (AvgIpc) is 2.51. The topological polar surface area (TPSA) is 38.3 Å². The van der Waals surface area contributed by atoms with E-state index in [-0.39, 0.29) is 11.9 Å². The van der Waals surface area contributed by atoms with Gasteiger partial charge in [0, 0.05) is 12.5 Å². The first kappa shape index (κ1) is 9.52. The zero-order valence-corrected chi connectivity index (χ0v) is 7.80. The van der Waals surface area contributed by atoms with E-state index >= 15 is 0 Å². The van der Waals surface area contributed by atoms with Gasteiger partial charge in [-0.15, -0.1) is 0 Å². The third-order valence-electron chi connectivity index (χ3n) is 2.10. The van der Waals surface area contributed by atoms with E-state index in [9.17, 15) is 4.79 Å². The van der Waals surface area contributed by atoms with Crippen molar-refractivity contribution in [3.63, 3.8) is 0 Å². The third-order valence-corrected chi connectivity index (χ3v) is 2.10. The van der Waals surface area contributed by atoms with Crippen LogP contribution in [0.1, 0.15) is 20.3 Å². The summed E-state index contributed by atoms with van der Waals surface area (Å²) >= 11 is 0. The van der Waals surface area contributed by atoms with E-state index in [4.69, 9.17) is 4.74 Å². The predicted molar refractivity (Wildman–Crippen MR) is 46.8 cm³/mol. The molecule has 1 rings (SSSR count). The van der Waals surface area contributed by atoms with Gasteiger partial charge in [0.2, 0.25) is 0 Å². The van der Waals surface area contributed by atoms with Crippen molar-refractivity contribution in [1.29, 1.82) is 0 Å². The number of ether oxygens (including phenoxy) is 1. The van der Waals surface area contributed by atoms with Crippen molar-refractivity contribution in [3.8, 4) is 0 Å². The lowest BCUT2D eigenvalue weighted by Gasteiger charge is -2.10. The Morgan fingerprint density at radius 1 is 1.67 bits per heavy atom. The first-order chi connectivity index (χ1) is 5.70. The average molecular weight is 171 g/mol. The highest BCUT2D eigenvalue weighted by Gasteiger charge is 2.17. The monoisotopic (exact) mass is 171 g/mol. The van der Waals surface area contributed by atoms with Crippen LogP contribution in [0.3, 0.4) is 0 Å². The highest BCUT2D eigenvalue weighted by Crippen LogP contribution is 2.08. The zero-order chi connectivity index (χ0) is 8.97. The van der Waals surface area contributed by atoms with Gasteiger partial charge >= 0.3 is 5.97 Å². The number of nitrogens with one attached hydrogen (secondary N) is 1. The fourth-order valence-electron chi connectivity index (χ4n) is 1.22. The smallest absolute Gasteiger partial charge is 0.308 e. The van der Waals surface area contributed by atoms with Crippen LogP contribution in [0.25, 0.3) is 0 Å². The van der Waals surface area contributed by atoms with Gasteiger partial charge in [0.15, 0.2) is 0 Å². The summed E-state index contributed by atoms with van der Waals surface area (Å²) in [4.78, 5) is 11.1. The molecule has 0 amide bonds. The maximum atomic E-state index is 11.1. The summed E-state index contributed by atoms with van der Waals surface area (Å²) in [7, 11) is 0. The Kier molecular flexibility index (Phi) is 3.53. The molecule has 0 bridgehead atoms. The SMILES string of the molecule is CC(C)C(=O)OC[C@@H]1CCNC1. The van der Waals surface area contributed by atoms with E-state index in [1.807, 2.05) is 13.8 Å². The maximum Gasteiger partial charge on any atom is 0.308 e. The van der Waals surface area contributed by atoms with Crippen LogP contribution < -0.4 is 5.32 Å². The molecule has 1 saturated heterocycles. The van der Waals surface area contributed by atoms with Gasteiger partial charge in [-0.2, -0.15) is 0 Å². The summed E-state index contributed by atoms with van der Waals surface area (Å²) in [6.07, 6.45) is 1.13. The summed E-state index contributed by atoms with van der Waals surface area (Å²) < 4.78 is 5.11. The highest BCUT2D eigenvalue weighted by molar-refractivity contribution is 5.71. The molecule has 1 aliphatic rings. The van der Waals surface area contributed by atoms with Gasteiger partial charge in [0.25, 0.3) is 0 Å². The van der Waals surface area contributed by atoms with Crippen LogP contribution >= 0.6 is 0 Å². The molecular weight excluding hydrogens is 154 g/mol. The van der Waals surface area contributed by atoms with Crippen LogP contribution in [0.2, 0.25) is 0 Å². The Labute approximate surface area is 73.5 Å². The molecule has 0 aromatic carbocycles. The van der Waals surface area contributed by atoms with Gasteiger partial charge in [0.05, 0.1) is 12.5 Å². The summed E-state index contributed by atoms with van der Waals surface area (Å²) in [5.41, 5.74) is 0. The molecule has 1 fully saturated rings. The van der Waals surface area contributed by atoms with Crippen molar-refractivity contribution in [1.82, 2.24) is 5.32 Å². The lowest BCUT2D eigenvalue weighted by molar-refractivity contribution is -0.148. The summed E-state index contributed by atoms with van der Waals surface area (Å²) in [6, 6.07) is 0. The van der Waals surface area contributed by atoms with Crippen molar-refractivity contribution >= 4 is 5.97 Å². The van der Waals surface area contributed by atoms with E-state index in [0.29, 0.717) is 12.5 Å². The summed E-state index contributed by atoms with van der Waals surface area (Å²) in [6.45, 7) is 6.35. The minimum atomic E-state index is -0.0816. The lowest BCUT2D eigenvalue weighted by atomic mass is 10.1. The van der Waals surface area contributed by atoms with Crippen LogP contribution in [0.15, 0.2) is 0 Å². The van der Waals surface area contributed by atoms with Crippen molar-refractivity contribution in [2.45, 2.75) is 20.3 Å². The fraction of sp³-hybridized carbons (Fsp3) is 0.889. The fourth-order valence-corrected chi connectivity index (χ4v) is 1.22. The van der Waals surface area contributed by atoms with E-state index in [2.05, 4.69) is 5.32 Å². The Morgan fingerprint density at radius 3 is 2.92 bits per heavy atom. The predicted octanol–water partition coefficient (Wildman–Crippen LogP) is 0.795. The van der Waals surface area contributed by atoms with Gasteiger partial charge in [-0.3, -0.25) is 4.79 Å². The van der Waals surface area contributed by atoms with Crippen molar-refractivity contribution in [2.24, 2.45) is 11.8 Å². The molecule has 0 aromatic rings. The molecule has 0 aromatic heterocycles. The number of hydrogen-bond acceptors (Lipinski definition) is 3. The van der Waals surface area contributed by atoms with Crippen LogP contribution in [0.5, 0.6) is 0 Å². The van der Waals surface area contributed by atoms with Gasteiger partial charge in [0.1, 0.15) is 0 Å². The van der Waals surface area contributed by atoms with Crippen molar-refractivity contribution in [3.05, 3.63) is 0 Å². The second kappa shape index (κ2) is 4.45. The molecule has 70 valence electrons. The molecule has 0 radical (unpaired) electrons. The molecule has 0 saturated carbocycles. The van der Waals surface area contributed by atoms with Gasteiger partial charge in [-0.05, 0) is 13.0 Å². The molecule has 0 unspecified atom stereocenters. The molecule has 0 aliphatic carbocycles. The number of esters is 1. The van der Waals surface area contributed by atoms with Gasteiger partial charge < -0.3 is 10.1 Å². The van der Waals surface area contributed by atoms with E-state index < -0.39 is 0 Å². The molecule has 0 spiro atoms. The van der Waals surface area contributed by atoms with Crippen LogP contribution in [-0.4, -0.2) is 25.7 Å². The number of carbonyl (C=O) groups excluding carboxylic acids is 1. The second-order valence-electron chi connectivity index (χ2n) is 3.64. The Morgan fingerprint density at radius 2 is 2.42 bits per heavy atom. The molecule has 1 N–H and O–H groups in total. The first-order valence-corrected chi connectivity index (χ1v) is 4.57. The largest absolute Gasteiger partial charge is 0.465 e. The van der Waals surface area contributed by atoms with E-state index in [0.717, 1.165) is 19.5 Å². The highest BCUT2D eigenvalue weighted by atomic mass is 16.5. The first-order valence-electron chi connectivity index (χ1n) is 4.57. The number of hydrogen-bond donors (Lipinski definition) is 1. The molecule has 1 heterocycles. The number of rotatable bonds is 3. The Bertz CT molecular complexity index is 151. The summed E-state index contributed by atoms with van der Waals surface area (Å²) in [5, 5.41) is 3.23. The van der Waals surface area contributed by atoms with Gasteiger partial charge in [-0.25, -0.2) is 0 Å². The molecule has 12 heavy (non-hydrogen) atoms. The normalized spacial score (nSPS) is 23.1. The second-order valence-corrected chi connectivity index (χ2v) is 3.64. The van der Waals surface area contributed by atoms with Gasteiger partial charge in [-0.1, -0.05) is 13.8 Å². The number of carbonyl (C=O) groups is 1. The van der Waals surface area contributed by atoms with Crippen molar-refractivity contribution < 1.29 is 9.53 Å². The lowest BCUT2D eigenvalue weighted by Crippen LogP contribution is -2.19. The van der Waals surface area contributed by atoms with E-state index in [1.165, 1.54) is 0 Å². The molecule has 1 atom stereocenters. The zero-order valence-electron chi connectivity index (χ0n) is 7.80. The summed E-state index contributed by atoms with van der Waals surface area (Å²) in [5.74, 6) is 0.453. The van der Waals surface area contributed by atoms with Crippen LogP contribution in [0.4, 0.5) is 0 Å². The quantitative estimate of drug-likeness (QED) is 0.638. The standard InChI is InChI=1S/C9H17NO2/c1-7(2)9(11)12-6-8-3-4-10-5-8/h7-8,10H,3-6H2,1-2H3/t8-/m1/s1. The minimum absolute atomic E-state index is 0.000591. The third kappa shape index (κ3) is 2.81. The Hall–Kier alpha value is -0.570. The van der Waals surface area contributed by atoms with E-state index in [1.54, 1.807) is 0 Å². The Balaban J connectivity index is 2.12. The molecule has 3 nitrogen and oxygen atoms in total. The van der Waals surface area contributed by atoms with Crippen LogP contribution in [0, 0.1) is 11.8 Å². The van der Waals surface area contributed by atoms with Crippen LogP contribution in [-0.2, 0) is 9.53 Å². The minimum Gasteiger partial charge on any atom is -0.465 e. The molecule has 1 aliphatic heterocycles. The van der Waals surface area contributed by atoms with Crippen molar-refractivity contribution in [2.75, 3.05) is 19.7 Å². The maximum absolute atomic E-state index is 11.1. The molecular formula is C9H17NO2. The molecule has 3 heteroatoms.